The summed E-state index contributed by atoms with van der Waals surface area (Å²) in [5.74, 6) is 0.744. The van der Waals surface area contributed by atoms with Gasteiger partial charge in [-0.3, -0.25) is 9.36 Å². The van der Waals surface area contributed by atoms with Crippen LogP contribution in [0.2, 0.25) is 0 Å². The Bertz CT molecular complexity index is 409. The molecular formula is C8H6N4O. The summed E-state index contributed by atoms with van der Waals surface area (Å²) in [6.45, 7) is 0. The van der Waals surface area contributed by atoms with Gasteiger partial charge in [-0.1, -0.05) is 0 Å². The van der Waals surface area contributed by atoms with Crippen molar-refractivity contribution in [1.29, 1.82) is 0 Å². The molecule has 0 amide bonds. The zero-order valence-corrected chi connectivity index (χ0v) is 6.66. The second-order valence-corrected chi connectivity index (χ2v) is 2.32. The van der Waals surface area contributed by atoms with Crippen LogP contribution >= 0.6 is 0 Å². The highest BCUT2D eigenvalue weighted by Crippen LogP contribution is 2.01. The highest BCUT2D eigenvalue weighted by atomic mass is 16.1. The van der Waals surface area contributed by atoms with Gasteiger partial charge in [0, 0.05) is 24.8 Å². The molecule has 64 valence electrons. The summed E-state index contributed by atoms with van der Waals surface area (Å²) in [5.41, 5.74) is 0. The van der Waals surface area contributed by atoms with Crippen LogP contribution in [-0.4, -0.2) is 25.8 Å². The number of rotatable bonds is 2. The van der Waals surface area contributed by atoms with Crippen molar-refractivity contribution < 1.29 is 4.79 Å². The normalized spacial score (nSPS) is 9.85. The Hall–Kier alpha value is -2.04. The van der Waals surface area contributed by atoms with Crippen LogP contribution in [0.5, 0.6) is 0 Å². The second-order valence-electron chi connectivity index (χ2n) is 2.32. The van der Waals surface area contributed by atoms with Gasteiger partial charge in [0.1, 0.15) is 0 Å². The molecule has 0 spiro atoms. The molecule has 5 nitrogen and oxygen atoms in total. The molecule has 0 aliphatic rings. The molecule has 0 atom stereocenters. The Kier molecular flexibility index (Phi) is 1.84. The first-order valence-corrected chi connectivity index (χ1v) is 3.68. The van der Waals surface area contributed by atoms with E-state index in [4.69, 9.17) is 0 Å². The lowest BCUT2D eigenvalue weighted by Gasteiger charge is -1.99. The number of aldehydes is 1. The van der Waals surface area contributed by atoms with Crippen LogP contribution in [0.15, 0.2) is 30.9 Å². The maximum absolute atomic E-state index is 10.5. The molecule has 0 unspecified atom stereocenters. The summed E-state index contributed by atoms with van der Waals surface area (Å²) in [4.78, 5) is 22.3. The third-order valence-corrected chi connectivity index (χ3v) is 1.54. The van der Waals surface area contributed by atoms with Crippen molar-refractivity contribution >= 4 is 6.29 Å². The summed E-state index contributed by atoms with van der Waals surface area (Å²) in [7, 11) is 0. The maximum Gasteiger partial charge on any atom is 0.235 e. The smallest absolute Gasteiger partial charge is 0.235 e. The van der Waals surface area contributed by atoms with E-state index in [1.165, 1.54) is 10.8 Å². The lowest BCUT2D eigenvalue weighted by Crippen LogP contribution is -2.03. The topological polar surface area (TPSA) is 60.7 Å². The predicted octanol–water partition coefficient (Wildman–Crippen LogP) is 0.475. The molecule has 2 rings (SSSR count). The van der Waals surface area contributed by atoms with Crippen LogP contribution in [0.3, 0.4) is 0 Å². The highest BCUT2D eigenvalue weighted by molar-refractivity contribution is 5.70. The molecule has 5 heteroatoms. The minimum Gasteiger partial charge on any atom is -0.294 e. The number of carbonyl (C=O) groups is 1. The third-order valence-electron chi connectivity index (χ3n) is 1.54. The number of hydrogen-bond donors (Lipinski definition) is 0. The number of carbonyl (C=O) groups excluding carboxylic acids is 1. The first kappa shape index (κ1) is 7.60. The molecule has 0 aliphatic heterocycles. The number of hydrogen-bond acceptors (Lipinski definition) is 4. The molecule has 0 saturated carbocycles. The van der Waals surface area contributed by atoms with Gasteiger partial charge in [0.2, 0.25) is 5.95 Å². The molecule has 13 heavy (non-hydrogen) atoms. The molecule has 0 fully saturated rings. The van der Waals surface area contributed by atoms with Crippen LogP contribution in [0.25, 0.3) is 5.95 Å². The fraction of sp³-hybridized carbons (Fsp3) is 0. The first-order chi connectivity index (χ1) is 6.42. The average molecular weight is 174 g/mol. The Balaban J connectivity index is 2.52. The number of imidazole rings is 1. The fourth-order valence-corrected chi connectivity index (χ4v) is 0.987. The standard InChI is InChI=1S/C8H6N4O/c13-6-7-9-4-5-12(7)8-10-2-1-3-11-8/h1-6H. The van der Waals surface area contributed by atoms with E-state index < -0.39 is 0 Å². The van der Waals surface area contributed by atoms with E-state index in [9.17, 15) is 4.79 Å². The van der Waals surface area contributed by atoms with Gasteiger partial charge in [0.25, 0.3) is 0 Å². The van der Waals surface area contributed by atoms with Gasteiger partial charge in [-0.25, -0.2) is 15.0 Å². The Morgan fingerprint density at radius 3 is 2.62 bits per heavy atom. The lowest BCUT2D eigenvalue weighted by atomic mass is 10.6. The SMILES string of the molecule is O=Cc1nccn1-c1ncccn1. The number of nitrogens with zero attached hydrogens (tertiary/aromatic N) is 4. The molecule has 0 bridgehead atoms. The molecule has 2 heterocycles. The summed E-state index contributed by atoms with van der Waals surface area (Å²) < 4.78 is 1.52. The van der Waals surface area contributed by atoms with Crippen molar-refractivity contribution in [2.24, 2.45) is 0 Å². The molecule has 2 aromatic heterocycles. The van der Waals surface area contributed by atoms with Crippen molar-refractivity contribution in [2.45, 2.75) is 0 Å². The van der Waals surface area contributed by atoms with Crippen LogP contribution in [0.4, 0.5) is 0 Å². The third kappa shape index (κ3) is 1.31. The van der Waals surface area contributed by atoms with E-state index in [0.717, 1.165) is 0 Å². The summed E-state index contributed by atoms with van der Waals surface area (Å²) in [6, 6.07) is 1.71. The molecule has 0 N–H and O–H groups in total. The lowest BCUT2D eigenvalue weighted by molar-refractivity contribution is 0.111. The Labute approximate surface area is 74.1 Å². The zero-order valence-electron chi connectivity index (χ0n) is 6.66. The summed E-state index contributed by atoms with van der Waals surface area (Å²) >= 11 is 0. The van der Waals surface area contributed by atoms with Crippen molar-refractivity contribution in [2.75, 3.05) is 0 Å². The van der Waals surface area contributed by atoms with Crippen molar-refractivity contribution in [1.82, 2.24) is 19.5 Å². The van der Waals surface area contributed by atoms with E-state index in [-0.39, 0.29) is 0 Å². The van der Waals surface area contributed by atoms with Crippen molar-refractivity contribution in [3.8, 4) is 5.95 Å². The van der Waals surface area contributed by atoms with E-state index in [1.807, 2.05) is 0 Å². The van der Waals surface area contributed by atoms with Gasteiger partial charge >= 0.3 is 0 Å². The van der Waals surface area contributed by atoms with Gasteiger partial charge < -0.3 is 0 Å². The largest absolute Gasteiger partial charge is 0.294 e. The van der Waals surface area contributed by atoms with Crippen LogP contribution in [0.1, 0.15) is 10.6 Å². The molecule has 0 aliphatic carbocycles. The van der Waals surface area contributed by atoms with E-state index in [2.05, 4.69) is 15.0 Å². The summed E-state index contributed by atoms with van der Waals surface area (Å²) in [6.07, 6.45) is 7.04. The molecule has 0 aromatic carbocycles. The van der Waals surface area contributed by atoms with E-state index in [0.29, 0.717) is 18.1 Å². The first-order valence-electron chi connectivity index (χ1n) is 3.68. The Morgan fingerprint density at radius 1 is 1.15 bits per heavy atom. The van der Waals surface area contributed by atoms with Crippen molar-refractivity contribution in [3.05, 3.63) is 36.7 Å². The summed E-state index contributed by atoms with van der Waals surface area (Å²) in [5, 5.41) is 0. The van der Waals surface area contributed by atoms with Gasteiger partial charge in [0.05, 0.1) is 0 Å². The molecule has 2 aromatic rings. The van der Waals surface area contributed by atoms with E-state index in [1.54, 1.807) is 24.7 Å². The van der Waals surface area contributed by atoms with Gasteiger partial charge in [-0.15, -0.1) is 0 Å². The zero-order chi connectivity index (χ0) is 9.10. The highest BCUT2D eigenvalue weighted by Gasteiger charge is 2.03. The van der Waals surface area contributed by atoms with Gasteiger partial charge in [-0.2, -0.15) is 0 Å². The fourth-order valence-electron chi connectivity index (χ4n) is 0.987. The van der Waals surface area contributed by atoms with Crippen LogP contribution in [0, 0.1) is 0 Å². The van der Waals surface area contributed by atoms with Gasteiger partial charge in [0.15, 0.2) is 12.1 Å². The van der Waals surface area contributed by atoms with Crippen LogP contribution < -0.4 is 0 Å². The minimum atomic E-state index is 0.297. The quantitative estimate of drug-likeness (QED) is 0.621. The molecular weight excluding hydrogens is 168 g/mol. The van der Waals surface area contributed by atoms with E-state index >= 15 is 0 Å². The molecule has 0 radical (unpaired) electrons. The number of aromatic nitrogens is 4. The maximum atomic E-state index is 10.5. The Morgan fingerprint density at radius 2 is 1.92 bits per heavy atom. The monoisotopic (exact) mass is 174 g/mol. The van der Waals surface area contributed by atoms with Gasteiger partial charge in [-0.05, 0) is 6.07 Å². The molecule has 0 saturated heterocycles. The average Bonchev–Trinajstić information content (AvgIpc) is 2.67. The predicted molar refractivity (Wildman–Crippen MR) is 44.5 cm³/mol. The van der Waals surface area contributed by atoms with Crippen LogP contribution in [-0.2, 0) is 0 Å². The second kappa shape index (κ2) is 3.14. The van der Waals surface area contributed by atoms with Crippen molar-refractivity contribution in [3.63, 3.8) is 0 Å². The minimum absolute atomic E-state index is 0.297.